The molecular weight excluding hydrogens is 284 g/mol. The Morgan fingerprint density at radius 1 is 0.783 bits per heavy atom. The summed E-state index contributed by atoms with van der Waals surface area (Å²) in [6.45, 7) is 3.55. The quantitative estimate of drug-likeness (QED) is 0.722. The van der Waals surface area contributed by atoms with Crippen molar-refractivity contribution in [3.8, 4) is 0 Å². The molecule has 1 heterocycles. The SMILES string of the molecule is Cc1ccc(CNc2ccnc(NCc3ccccc3)n2)cc1. The minimum atomic E-state index is 0.628. The molecule has 0 bridgehead atoms. The number of rotatable bonds is 6. The van der Waals surface area contributed by atoms with E-state index in [9.17, 15) is 0 Å². The van der Waals surface area contributed by atoms with Crippen LogP contribution in [0.2, 0.25) is 0 Å². The first kappa shape index (κ1) is 15.0. The molecule has 0 saturated heterocycles. The Morgan fingerprint density at radius 3 is 2.26 bits per heavy atom. The smallest absolute Gasteiger partial charge is 0.224 e. The van der Waals surface area contributed by atoms with Gasteiger partial charge in [-0.15, -0.1) is 0 Å². The summed E-state index contributed by atoms with van der Waals surface area (Å²) in [5, 5.41) is 6.57. The zero-order valence-corrected chi connectivity index (χ0v) is 13.2. The molecule has 0 atom stereocenters. The number of benzene rings is 2. The van der Waals surface area contributed by atoms with Crippen molar-refractivity contribution in [1.82, 2.24) is 9.97 Å². The fraction of sp³-hybridized carbons (Fsp3) is 0.158. The van der Waals surface area contributed by atoms with Gasteiger partial charge in [0.15, 0.2) is 0 Å². The van der Waals surface area contributed by atoms with E-state index in [0.29, 0.717) is 12.5 Å². The van der Waals surface area contributed by atoms with Crippen molar-refractivity contribution in [2.24, 2.45) is 0 Å². The molecule has 0 aliphatic rings. The molecule has 3 rings (SSSR count). The first-order valence-electron chi connectivity index (χ1n) is 7.70. The lowest BCUT2D eigenvalue weighted by atomic mass is 10.1. The zero-order valence-electron chi connectivity index (χ0n) is 13.2. The molecule has 0 aliphatic carbocycles. The van der Waals surface area contributed by atoms with E-state index < -0.39 is 0 Å². The fourth-order valence-corrected chi connectivity index (χ4v) is 2.22. The highest BCUT2D eigenvalue weighted by Gasteiger charge is 2.00. The van der Waals surface area contributed by atoms with Gasteiger partial charge in [0.05, 0.1) is 0 Å². The predicted molar refractivity (Wildman–Crippen MR) is 94.3 cm³/mol. The summed E-state index contributed by atoms with van der Waals surface area (Å²) in [6, 6.07) is 20.6. The Balaban J connectivity index is 1.57. The van der Waals surface area contributed by atoms with E-state index in [0.717, 1.165) is 12.4 Å². The second-order valence-electron chi connectivity index (χ2n) is 5.44. The van der Waals surface area contributed by atoms with Crippen LogP contribution in [0.5, 0.6) is 0 Å². The molecule has 0 unspecified atom stereocenters. The van der Waals surface area contributed by atoms with Crippen LogP contribution in [0.3, 0.4) is 0 Å². The summed E-state index contributed by atoms with van der Waals surface area (Å²) in [5.74, 6) is 1.44. The van der Waals surface area contributed by atoms with Crippen molar-refractivity contribution in [2.75, 3.05) is 10.6 Å². The predicted octanol–water partition coefficient (Wildman–Crippen LogP) is 4.01. The summed E-state index contributed by atoms with van der Waals surface area (Å²) in [6.07, 6.45) is 1.76. The molecule has 23 heavy (non-hydrogen) atoms. The van der Waals surface area contributed by atoms with Crippen LogP contribution >= 0.6 is 0 Å². The molecule has 0 fully saturated rings. The zero-order chi connectivity index (χ0) is 15.9. The Hall–Kier alpha value is -2.88. The Bertz CT molecular complexity index is 739. The third-order valence-electron chi connectivity index (χ3n) is 3.54. The van der Waals surface area contributed by atoms with Crippen molar-refractivity contribution >= 4 is 11.8 Å². The van der Waals surface area contributed by atoms with Crippen molar-refractivity contribution in [1.29, 1.82) is 0 Å². The summed E-state index contributed by atoms with van der Waals surface area (Å²) in [4.78, 5) is 8.75. The van der Waals surface area contributed by atoms with Crippen LogP contribution in [0.25, 0.3) is 0 Å². The molecule has 0 spiro atoms. The van der Waals surface area contributed by atoms with E-state index in [1.807, 2.05) is 24.3 Å². The van der Waals surface area contributed by atoms with Crippen LogP contribution in [0, 0.1) is 6.92 Å². The van der Waals surface area contributed by atoms with Crippen molar-refractivity contribution in [2.45, 2.75) is 20.0 Å². The van der Waals surface area contributed by atoms with Crippen LogP contribution in [0.1, 0.15) is 16.7 Å². The van der Waals surface area contributed by atoms with E-state index in [1.165, 1.54) is 16.7 Å². The van der Waals surface area contributed by atoms with Gasteiger partial charge in [-0.2, -0.15) is 4.98 Å². The lowest BCUT2D eigenvalue weighted by molar-refractivity contribution is 1.03. The van der Waals surface area contributed by atoms with Crippen molar-refractivity contribution in [3.63, 3.8) is 0 Å². The van der Waals surface area contributed by atoms with E-state index in [1.54, 1.807) is 6.20 Å². The highest BCUT2D eigenvalue weighted by Crippen LogP contribution is 2.10. The fourth-order valence-electron chi connectivity index (χ4n) is 2.22. The second-order valence-corrected chi connectivity index (χ2v) is 5.44. The molecule has 4 nitrogen and oxygen atoms in total. The minimum absolute atomic E-state index is 0.628. The minimum Gasteiger partial charge on any atom is -0.366 e. The largest absolute Gasteiger partial charge is 0.366 e. The third kappa shape index (κ3) is 4.54. The van der Waals surface area contributed by atoms with Crippen LogP contribution in [0.4, 0.5) is 11.8 Å². The van der Waals surface area contributed by atoms with Crippen LogP contribution in [0.15, 0.2) is 66.9 Å². The Morgan fingerprint density at radius 2 is 1.48 bits per heavy atom. The average Bonchev–Trinajstić information content (AvgIpc) is 2.61. The molecule has 2 N–H and O–H groups in total. The monoisotopic (exact) mass is 304 g/mol. The molecule has 0 radical (unpaired) electrons. The van der Waals surface area contributed by atoms with Gasteiger partial charge in [-0.05, 0) is 24.1 Å². The van der Waals surface area contributed by atoms with Gasteiger partial charge < -0.3 is 10.6 Å². The van der Waals surface area contributed by atoms with Crippen LogP contribution < -0.4 is 10.6 Å². The molecule has 0 aliphatic heterocycles. The van der Waals surface area contributed by atoms with Gasteiger partial charge in [-0.1, -0.05) is 60.2 Å². The highest BCUT2D eigenvalue weighted by atomic mass is 15.1. The number of hydrogen-bond donors (Lipinski definition) is 2. The normalized spacial score (nSPS) is 10.3. The summed E-state index contributed by atoms with van der Waals surface area (Å²) in [7, 11) is 0. The molecule has 2 aromatic carbocycles. The Labute approximate surface area is 136 Å². The number of anilines is 2. The molecule has 0 amide bonds. The maximum atomic E-state index is 4.49. The van der Waals surface area contributed by atoms with Crippen LogP contribution in [-0.2, 0) is 13.1 Å². The standard InChI is InChI=1S/C19H20N4/c1-15-7-9-17(10-8-15)13-21-18-11-12-20-19(23-18)22-14-16-5-3-2-4-6-16/h2-12H,13-14H2,1H3,(H2,20,21,22,23). The highest BCUT2D eigenvalue weighted by molar-refractivity contribution is 5.40. The molecular formula is C19H20N4. The lowest BCUT2D eigenvalue weighted by Crippen LogP contribution is -2.06. The summed E-state index contributed by atoms with van der Waals surface area (Å²) in [5.41, 5.74) is 3.70. The molecule has 0 saturated carbocycles. The average molecular weight is 304 g/mol. The summed E-state index contributed by atoms with van der Waals surface area (Å²) >= 11 is 0. The van der Waals surface area contributed by atoms with Crippen molar-refractivity contribution in [3.05, 3.63) is 83.6 Å². The number of aromatic nitrogens is 2. The number of nitrogens with one attached hydrogen (secondary N) is 2. The molecule has 3 aromatic rings. The second kappa shape index (κ2) is 7.40. The van der Waals surface area contributed by atoms with Crippen molar-refractivity contribution < 1.29 is 0 Å². The number of nitrogens with zero attached hydrogens (tertiary/aromatic N) is 2. The van der Waals surface area contributed by atoms with Gasteiger partial charge >= 0.3 is 0 Å². The van der Waals surface area contributed by atoms with Gasteiger partial charge in [0.1, 0.15) is 5.82 Å². The molecule has 116 valence electrons. The first-order valence-corrected chi connectivity index (χ1v) is 7.70. The van der Waals surface area contributed by atoms with E-state index in [-0.39, 0.29) is 0 Å². The van der Waals surface area contributed by atoms with Gasteiger partial charge in [0.25, 0.3) is 0 Å². The maximum Gasteiger partial charge on any atom is 0.224 e. The topological polar surface area (TPSA) is 49.8 Å². The van der Waals surface area contributed by atoms with Gasteiger partial charge in [-0.25, -0.2) is 4.98 Å². The van der Waals surface area contributed by atoms with E-state index in [2.05, 4.69) is 63.9 Å². The number of aryl methyl sites for hydroxylation is 1. The lowest BCUT2D eigenvalue weighted by Gasteiger charge is -2.09. The van der Waals surface area contributed by atoms with Gasteiger partial charge in [-0.3, -0.25) is 0 Å². The maximum absolute atomic E-state index is 4.49. The van der Waals surface area contributed by atoms with E-state index in [4.69, 9.17) is 0 Å². The number of hydrogen-bond acceptors (Lipinski definition) is 4. The Kier molecular flexibility index (Phi) is 4.84. The van der Waals surface area contributed by atoms with Crippen LogP contribution in [-0.4, -0.2) is 9.97 Å². The van der Waals surface area contributed by atoms with Gasteiger partial charge in [0.2, 0.25) is 5.95 Å². The van der Waals surface area contributed by atoms with E-state index >= 15 is 0 Å². The summed E-state index contributed by atoms with van der Waals surface area (Å²) < 4.78 is 0. The molecule has 4 heteroatoms. The first-order chi connectivity index (χ1) is 11.3. The molecule has 1 aromatic heterocycles. The third-order valence-corrected chi connectivity index (χ3v) is 3.54. The van der Waals surface area contributed by atoms with Gasteiger partial charge in [0, 0.05) is 19.3 Å².